The molecule has 0 aromatic heterocycles. The van der Waals surface area contributed by atoms with Crippen LogP contribution in [0.15, 0.2) is 0 Å². The van der Waals surface area contributed by atoms with Gasteiger partial charge in [-0.25, -0.2) is 4.57 Å². The van der Waals surface area contributed by atoms with Crippen molar-refractivity contribution in [3.8, 4) is 0 Å². The van der Waals surface area contributed by atoms with E-state index in [-0.39, 0.29) is 19.4 Å². The summed E-state index contributed by atoms with van der Waals surface area (Å²) in [5, 5.41) is 0. The molecule has 0 aromatic rings. The molecule has 0 fully saturated rings. The fourth-order valence-electron chi connectivity index (χ4n) is 5.73. The van der Waals surface area contributed by atoms with E-state index in [1.165, 1.54) is 141 Å². The van der Waals surface area contributed by atoms with Gasteiger partial charge in [0.25, 0.3) is 0 Å². The summed E-state index contributed by atoms with van der Waals surface area (Å²) in [6.45, 7) is 3.70. The van der Waals surface area contributed by atoms with Crippen molar-refractivity contribution in [2.45, 2.75) is 213 Å². The van der Waals surface area contributed by atoms with Gasteiger partial charge in [-0.05, 0) is 12.8 Å². The molecule has 0 unspecified atom stereocenters. The zero-order chi connectivity index (χ0) is 34.0. The van der Waals surface area contributed by atoms with Crippen LogP contribution in [0.1, 0.15) is 206 Å². The zero-order valence-electron chi connectivity index (χ0n) is 30.0. The molecule has 0 bridgehead atoms. The Hall–Kier alpha value is -0.950. The van der Waals surface area contributed by atoms with E-state index >= 15 is 0 Å². The molecule has 0 radical (unpaired) electrons. The van der Waals surface area contributed by atoms with Gasteiger partial charge in [0.05, 0.1) is 6.61 Å². The van der Waals surface area contributed by atoms with Crippen molar-refractivity contribution in [2.75, 3.05) is 13.2 Å². The average Bonchev–Trinajstić information content (AvgIpc) is 3.02. The van der Waals surface area contributed by atoms with E-state index in [0.717, 1.165) is 32.1 Å². The molecule has 0 rings (SSSR count). The van der Waals surface area contributed by atoms with E-state index in [9.17, 15) is 14.2 Å². The third-order valence-corrected chi connectivity index (χ3v) is 9.11. The molecule has 0 aliphatic heterocycles. The standard InChI is InChI=1S/C37H73O8P/c1-3-5-7-9-11-13-15-17-18-20-21-23-25-27-29-31-36(38)43-33-35(34-44-46(40,41)42)45-37(39)32-30-28-26-24-22-19-16-14-12-10-8-6-4-2/h35H,3-34H2,1-2H3,(H2,40,41,42)/t35-/m0/s1. The molecule has 0 aliphatic rings. The molecule has 46 heavy (non-hydrogen) atoms. The molecule has 1 atom stereocenters. The van der Waals surface area contributed by atoms with Crippen LogP contribution < -0.4 is 0 Å². The normalized spacial score (nSPS) is 12.3. The number of phosphoric acid groups is 1. The van der Waals surface area contributed by atoms with Crippen LogP contribution in [0.3, 0.4) is 0 Å². The average molecular weight is 677 g/mol. The monoisotopic (exact) mass is 677 g/mol. The largest absolute Gasteiger partial charge is 0.469 e. The molecule has 0 amide bonds. The van der Waals surface area contributed by atoms with Crippen LogP contribution in [0.5, 0.6) is 0 Å². The molecule has 9 heteroatoms. The van der Waals surface area contributed by atoms with Crippen molar-refractivity contribution >= 4 is 19.8 Å². The Labute approximate surface area is 283 Å². The molecule has 0 aliphatic carbocycles. The summed E-state index contributed by atoms with van der Waals surface area (Å²) >= 11 is 0. The van der Waals surface area contributed by atoms with Crippen LogP contribution in [0.4, 0.5) is 0 Å². The van der Waals surface area contributed by atoms with Crippen molar-refractivity contribution < 1.29 is 37.9 Å². The van der Waals surface area contributed by atoms with E-state index in [0.29, 0.717) is 6.42 Å². The molecule has 274 valence electrons. The Kier molecular flexibility index (Phi) is 33.2. The third kappa shape index (κ3) is 35.9. The lowest BCUT2D eigenvalue weighted by Gasteiger charge is -2.18. The van der Waals surface area contributed by atoms with Crippen LogP contribution >= 0.6 is 7.82 Å². The molecule has 2 N–H and O–H groups in total. The Morgan fingerprint density at radius 2 is 0.783 bits per heavy atom. The van der Waals surface area contributed by atoms with Gasteiger partial charge in [-0.3, -0.25) is 14.1 Å². The maximum atomic E-state index is 12.3. The molecular formula is C37H73O8P. The van der Waals surface area contributed by atoms with Crippen LogP contribution in [-0.4, -0.2) is 41.0 Å². The van der Waals surface area contributed by atoms with Crippen LogP contribution in [0.25, 0.3) is 0 Å². The Bertz CT molecular complexity index is 726. The van der Waals surface area contributed by atoms with Crippen molar-refractivity contribution in [3.63, 3.8) is 0 Å². The van der Waals surface area contributed by atoms with E-state index in [2.05, 4.69) is 18.4 Å². The van der Waals surface area contributed by atoms with Gasteiger partial charge in [0.1, 0.15) is 6.61 Å². The molecule has 0 saturated heterocycles. The first kappa shape index (κ1) is 45.0. The summed E-state index contributed by atoms with van der Waals surface area (Å²) in [6.07, 6.45) is 33.9. The van der Waals surface area contributed by atoms with E-state index in [4.69, 9.17) is 19.3 Å². The predicted octanol–water partition coefficient (Wildman–Crippen LogP) is 11.3. The van der Waals surface area contributed by atoms with E-state index in [1.807, 2.05) is 0 Å². The number of phosphoric ester groups is 1. The molecule has 8 nitrogen and oxygen atoms in total. The lowest BCUT2D eigenvalue weighted by Crippen LogP contribution is -2.29. The van der Waals surface area contributed by atoms with Crippen molar-refractivity contribution in [1.29, 1.82) is 0 Å². The molecular weight excluding hydrogens is 603 g/mol. The van der Waals surface area contributed by atoms with Gasteiger partial charge in [0.2, 0.25) is 0 Å². The molecule has 0 heterocycles. The number of hydrogen-bond acceptors (Lipinski definition) is 6. The maximum Gasteiger partial charge on any atom is 0.469 e. The quantitative estimate of drug-likeness (QED) is 0.0382. The van der Waals surface area contributed by atoms with Crippen LogP contribution in [0.2, 0.25) is 0 Å². The Morgan fingerprint density at radius 1 is 0.478 bits per heavy atom. The van der Waals surface area contributed by atoms with Gasteiger partial charge < -0.3 is 19.3 Å². The highest BCUT2D eigenvalue weighted by atomic mass is 31.2. The lowest BCUT2D eigenvalue weighted by molar-refractivity contribution is -0.161. The van der Waals surface area contributed by atoms with Gasteiger partial charge in [-0.15, -0.1) is 0 Å². The second-order valence-electron chi connectivity index (χ2n) is 13.3. The van der Waals surface area contributed by atoms with Crippen molar-refractivity contribution in [2.24, 2.45) is 0 Å². The van der Waals surface area contributed by atoms with E-state index in [1.54, 1.807) is 0 Å². The smallest absolute Gasteiger partial charge is 0.462 e. The first-order valence-corrected chi connectivity index (χ1v) is 20.9. The summed E-state index contributed by atoms with van der Waals surface area (Å²) in [6, 6.07) is 0. The minimum absolute atomic E-state index is 0.219. The third-order valence-electron chi connectivity index (χ3n) is 8.63. The summed E-state index contributed by atoms with van der Waals surface area (Å²) in [4.78, 5) is 42.7. The van der Waals surface area contributed by atoms with Crippen LogP contribution in [0, 0.1) is 0 Å². The highest BCUT2D eigenvalue weighted by Crippen LogP contribution is 2.36. The van der Waals surface area contributed by atoms with E-state index < -0.39 is 32.5 Å². The summed E-state index contributed by atoms with van der Waals surface area (Å²) in [7, 11) is -4.74. The number of hydrogen-bond donors (Lipinski definition) is 2. The van der Waals surface area contributed by atoms with Gasteiger partial charge in [-0.2, -0.15) is 0 Å². The number of carbonyl (C=O) groups is 2. The number of rotatable bonds is 36. The van der Waals surface area contributed by atoms with Gasteiger partial charge in [-0.1, -0.05) is 181 Å². The van der Waals surface area contributed by atoms with Gasteiger partial charge in [0, 0.05) is 12.8 Å². The number of ether oxygens (including phenoxy) is 2. The zero-order valence-corrected chi connectivity index (χ0v) is 30.9. The Morgan fingerprint density at radius 3 is 1.11 bits per heavy atom. The van der Waals surface area contributed by atoms with Crippen LogP contribution in [-0.2, 0) is 28.2 Å². The summed E-state index contributed by atoms with van der Waals surface area (Å²) in [5.41, 5.74) is 0. The molecule has 0 saturated carbocycles. The number of unbranched alkanes of at least 4 members (excludes halogenated alkanes) is 26. The minimum atomic E-state index is -4.74. The maximum absolute atomic E-state index is 12.3. The fourth-order valence-corrected chi connectivity index (χ4v) is 6.09. The Balaban J connectivity index is 3.90. The first-order valence-electron chi connectivity index (χ1n) is 19.3. The predicted molar refractivity (Wildman–Crippen MR) is 189 cm³/mol. The fraction of sp³-hybridized carbons (Fsp3) is 0.946. The molecule has 0 aromatic carbocycles. The first-order chi connectivity index (χ1) is 22.3. The lowest BCUT2D eigenvalue weighted by atomic mass is 10.0. The summed E-state index contributed by atoms with van der Waals surface area (Å²) < 4.78 is 26.3. The summed E-state index contributed by atoms with van der Waals surface area (Å²) in [5.74, 6) is -0.871. The van der Waals surface area contributed by atoms with Gasteiger partial charge >= 0.3 is 19.8 Å². The van der Waals surface area contributed by atoms with Crippen molar-refractivity contribution in [3.05, 3.63) is 0 Å². The SMILES string of the molecule is CCCCCCCCCCCCCCCCCC(=O)OC[C@@H](COP(=O)(O)O)OC(=O)CCCCCCCCCCCCCCC. The number of carbonyl (C=O) groups excluding carboxylic acids is 2. The highest BCUT2D eigenvalue weighted by molar-refractivity contribution is 7.46. The second-order valence-corrected chi connectivity index (χ2v) is 14.5. The van der Waals surface area contributed by atoms with Crippen molar-refractivity contribution in [1.82, 2.24) is 0 Å². The highest BCUT2D eigenvalue weighted by Gasteiger charge is 2.22. The second kappa shape index (κ2) is 33.9. The number of esters is 2. The minimum Gasteiger partial charge on any atom is -0.462 e. The molecule has 0 spiro atoms. The van der Waals surface area contributed by atoms with Gasteiger partial charge in [0.15, 0.2) is 6.10 Å². The topological polar surface area (TPSA) is 119 Å².